The number of carbonyl (C=O) groups excluding carboxylic acids is 1. The fourth-order valence-electron chi connectivity index (χ4n) is 1.30. The second-order valence-corrected chi connectivity index (χ2v) is 4.82. The van der Waals surface area contributed by atoms with E-state index in [0.29, 0.717) is 17.3 Å². The van der Waals surface area contributed by atoms with Crippen LogP contribution in [-0.2, 0) is 9.53 Å². The molecule has 1 aliphatic rings. The molecule has 0 aromatic rings. The van der Waals surface area contributed by atoms with E-state index in [2.05, 4.69) is 0 Å². The minimum atomic E-state index is -1.18. The van der Waals surface area contributed by atoms with Crippen molar-refractivity contribution in [3.8, 4) is 0 Å². The molecule has 1 aliphatic carbocycles. The standard InChI is InChI=1S/C11H17ClN2O2/c1-7(2)6-16-10(15)11(14)4-3-8(12)9(13)5-11/h3-4,7H,5-6,13-14H2,1-2H3. The van der Waals surface area contributed by atoms with Crippen LogP contribution in [0.3, 0.4) is 0 Å². The molecule has 90 valence electrons. The summed E-state index contributed by atoms with van der Waals surface area (Å²) < 4.78 is 5.09. The summed E-state index contributed by atoms with van der Waals surface area (Å²) in [5, 5.41) is 0.428. The highest BCUT2D eigenvalue weighted by Crippen LogP contribution is 2.25. The average molecular weight is 245 g/mol. The molecule has 5 heteroatoms. The summed E-state index contributed by atoms with van der Waals surface area (Å²) in [7, 11) is 0. The molecule has 0 fully saturated rings. The summed E-state index contributed by atoms with van der Waals surface area (Å²) in [6, 6.07) is 0. The van der Waals surface area contributed by atoms with Crippen LogP contribution in [0.2, 0.25) is 0 Å². The predicted octanol–water partition coefficient (Wildman–Crippen LogP) is 1.25. The lowest BCUT2D eigenvalue weighted by Gasteiger charge is -2.27. The number of hydrogen-bond acceptors (Lipinski definition) is 4. The lowest BCUT2D eigenvalue weighted by atomic mass is 9.90. The fraction of sp³-hybridized carbons (Fsp3) is 0.545. The van der Waals surface area contributed by atoms with Gasteiger partial charge in [0.2, 0.25) is 0 Å². The van der Waals surface area contributed by atoms with Crippen molar-refractivity contribution in [3.63, 3.8) is 0 Å². The quantitative estimate of drug-likeness (QED) is 0.733. The Morgan fingerprint density at radius 3 is 2.81 bits per heavy atom. The van der Waals surface area contributed by atoms with E-state index >= 15 is 0 Å². The van der Waals surface area contributed by atoms with Gasteiger partial charge in [0, 0.05) is 12.1 Å². The van der Waals surface area contributed by atoms with Crippen molar-refractivity contribution in [1.29, 1.82) is 0 Å². The smallest absolute Gasteiger partial charge is 0.330 e. The highest BCUT2D eigenvalue weighted by atomic mass is 35.5. The number of ether oxygens (including phenoxy) is 1. The van der Waals surface area contributed by atoms with Gasteiger partial charge in [0.15, 0.2) is 0 Å². The highest BCUT2D eigenvalue weighted by molar-refractivity contribution is 6.31. The fourth-order valence-corrected chi connectivity index (χ4v) is 1.43. The normalized spacial score (nSPS) is 25.1. The summed E-state index contributed by atoms with van der Waals surface area (Å²) in [5.74, 6) is -0.193. The third-order valence-corrected chi connectivity index (χ3v) is 2.61. The number of rotatable bonds is 3. The van der Waals surface area contributed by atoms with E-state index < -0.39 is 11.5 Å². The third-order valence-electron chi connectivity index (χ3n) is 2.24. The van der Waals surface area contributed by atoms with Gasteiger partial charge in [-0.3, -0.25) is 0 Å². The Balaban J connectivity index is 2.67. The maximum Gasteiger partial charge on any atom is 0.330 e. The Morgan fingerprint density at radius 2 is 2.31 bits per heavy atom. The Bertz CT molecular complexity index is 350. The molecule has 0 radical (unpaired) electrons. The van der Waals surface area contributed by atoms with Crippen molar-refractivity contribution in [2.24, 2.45) is 17.4 Å². The van der Waals surface area contributed by atoms with Crippen molar-refractivity contribution in [2.75, 3.05) is 6.61 Å². The van der Waals surface area contributed by atoms with Gasteiger partial charge in [0.1, 0.15) is 5.54 Å². The first-order chi connectivity index (χ1) is 7.35. The second-order valence-electron chi connectivity index (χ2n) is 4.42. The molecule has 0 aromatic heterocycles. The van der Waals surface area contributed by atoms with Crippen LogP contribution in [0.1, 0.15) is 20.3 Å². The van der Waals surface area contributed by atoms with E-state index in [0.717, 1.165) is 0 Å². The number of halogens is 1. The average Bonchev–Trinajstić information content (AvgIpc) is 2.20. The molecule has 0 amide bonds. The Kier molecular flexibility index (Phi) is 3.99. The topological polar surface area (TPSA) is 78.3 Å². The number of nitrogens with two attached hydrogens (primary N) is 2. The number of carbonyl (C=O) groups is 1. The SMILES string of the molecule is CC(C)COC(=O)C1(N)C=CC(Cl)=C(N)C1. The molecule has 0 aliphatic heterocycles. The van der Waals surface area contributed by atoms with Crippen molar-refractivity contribution in [1.82, 2.24) is 0 Å². The largest absolute Gasteiger partial charge is 0.464 e. The molecular formula is C11H17ClN2O2. The minimum absolute atomic E-state index is 0.194. The molecule has 4 N–H and O–H groups in total. The van der Waals surface area contributed by atoms with E-state index in [1.807, 2.05) is 13.8 Å². The van der Waals surface area contributed by atoms with E-state index in [9.17, 15) is 4.79 Å². The van der Waals surface area contributed by atoms with Crippen LogP contribution in [0.5, 0.6) is 0 Å². The lowest BCUT2D eigenvalue weighted by Crippen LogP contribution is -2.49. The minimum Gasteiger partial charge on any atom is -0.464 e. The van der Waals surface area contributed by atoms with Crippen LogP contribution in [0.4, 0.5) is 0 Å². The second kappa shape index (κ2) is 4.89. The molecule has 16 heavy (non-hydrogen) atoms. The van der Waals surface area contributed by atoms with Gasteiger partial charge in [-0.15, -0.1) is 0 Å². The van der Waals surface area contributed by atoms with Crippen LogP contribution in [0, 0.1) is 5.92 Å². The maximum absolute atomic E-state index is 11.8. The van der Waals surface area contributed by atoms with Gasteiger partial charge in [-0.25, -0.2) is 4.79 Å². The lowest BCUT2D eigenvalue weighted by molar-refractivity contribution is -0.149. The molecule has 4 nitrogen and oxygen atoms in total. The first-order valence-electron chi connectivity index (χ1n) is 5.14. The van der Waals surface area contributed by atoms with E-state index in [4.69, 9.17) is 27.8 Å². The summed E-state index contributed by atoms with van der Waals surface area (Å²) in [6.07, 6.45) is 3.27. The molecule has 1 atom stereocenters. The third kappa shape index (κ3) is 3.00. The number of allylic oxidation sites excluding steroid dienone is 2. The van der Waals surface area contributed by atoms with Crippen LogP contribution in [-0.4, -0.2) is 18.1 Å². The van der Waals surface area contributed by atoms with Gasteiger partial charge in [-0.2, -0.15) is 0 Å². The first-order valence-corrected chi connectivity index (χ1v) is 5.52. The summed E-state index contributed by atoms with van der Waals surface area (Å²) in [5.41, 5.74) is 10.8. The maximum atomic E-state index is 11.8. The molecule has 0 saturated heterocycles. The highest BCUT2D eigenvalue weighted by Gasteiger charge is 2.36. The zero-order chi connectivity index (χ0) is 12.3. The van der Waals surface area contributed by atoms with Gasteiger partial charge >= 0.3 is 5.97 Å². The van der Waals surface area contributed by atoms with E-state index in [-0.39, 0.29) is 12.3 Å². The molecule has 0 heterocycles. The van der Waals surface area contributed by atoms with Crippen molar-refractivity contribution in [2.45, 2.75) is 25.8 Å². The van der Waals surface area contributed by atoms with Crippen LogP contribution in [0.25, 0.3) is 0 Å². The van der Waals surface area contributed by atoms with Crippen molar-refractivity contribution in [3.05, 3.63) is 22.9 Å². The van der Waals surface area contributed by atoms with Gasteiger partial charge in [-0.05, 0) is 12.0 Å². The Labute approximate surface area is 100 Å². The number of hydrogen-bond donors (Lipinski definition) is 2. The predicted molar refractivity (Wildman–Crippen MR) is 63.5 cm³/mol. The monoisotopic (exact) mass is 244 g/mol. The van der Waals surface area contributed by atoms with E-state index in [1.54, 1.807) is 0 Å². The molecule has 1 rings (SSSR count). The molecule has 0 saturated carbocycles. The Morgan fingerprint density at radius 1 is 1.69 bits per heavy atom. The zero-order valence-corrected chi connectivity index (χ0v) is 10.3. The van der Waals surface area contributed by atoms with Crippen LogP contribution in [0.15, 0.2) is 22.9 Å². The first kappa shape index (κ1) is 13.1. The van der Waals surface area contributed by atoms with Gasteiger partial charge in [-0.1, -0.05) is 31.5 Å². The van der Waals surface area contributed by atoms with Gasteiger partial charge in [0.05, 0.1) is 11.6 Å². The molecule has 0 aromatic carbocycles. The summed E-state index contributed by atoms with van der Waals surface area (Å²) >= 11 is 5.79. The Hall–Kier alpha value is -1.00. The molecule has 0 spiro atoms. The van der Waals surface area contributed by atoms with Crippen molar-refractivity contribution >= 4 is 17.6 Å². The van der Waals surface area contributed by atoms with E-state index in [1.165, 1.54) is 12.2 Å². The van der Waals surface area contributed by atoms with Gasteiger partial charge < -0.3 is 16.2 Å². The summed E-state index contributed by atoms with van der Waals surface area (Å²) in [6.45, 7) is 4.26. The molecule has 0 bridgehead atoms. The van der Waals surface area contributed by atoms with Crippen LogP contribution < -0.4 is 11.5 Å². The molecule has 1 unspecified atom stereocenters. The van der Waals surface area contributed by atoms with Crippen molar-refractivity contribution < 1.29 is 9.53 Å². The zero-order valence-electron chi connectivity index (χ0n) is 9.50. The van der Waals surface area contributed by atoms with Gasteiger partial charge in [0.25, 0.3) is 0 Å². The number of esters is 1. The van der Waals surface area contributed by atoms with Crippen LogP contribution >= 0.6 is 11.6 Å². The summed E-state index contributed by atoms with van der Waals surface area (Å²) in [4.78, 5) is 11.8. The molecular weight excluding hydrogens is 228 g/mol.